The van der Waals surface area contributed by atoms with Crippen LogP contribution in [0.15, 0.2) is 65.7 Å². The number of nitrogens with zero attached hydrogens (tertiary/aromatic N) is 5. The summed E-state index contributed by atoms with van der Waals surface area (Å²) >= 11 is 0. The molecule has 8 nitrogen and oxygen atoms in total. The highest BCUT2D eigenvalue weighted by Crippen LogP contribution is 2.49. The number of piperidine rings is 1. The van der Waals surface area contributed by atoms with Gasteiger partial charge >= 0.3 is 5.72 Å². The first kappa shape index (κ1) is 20.5. The third-order valence-electron chi connectivity index (χ3n) is 6.77. The first-order valence-corrected chi connectivity index (χ1v) is 11.3. The fourth-order valence-corrected chi connectivity index (χ4v) is 5.13. The quantitative estimate of drug-likeness (QED) is 0.600. The number of hydrogen-bond donors (Lipinski definition) is 0. The van der Waals surface area contributed by atoms with Crippen molar-refractivity contribution in [3.05, 3.63) is 77.4 Å². The zero-order valence-electron chi connectivity index (χ0n) is 19.4. The van der Waals surface area contributed by atoms with Crippen LogP contribution < -0.4 is 9.64 Å². The van der Waals surface area contributed by atoms with Gasteiger partial charge in [0.15, 0.2) is 5.84 Å². The first-order valence-electron chi connectivity index (χ1n) is 11.3. The van der Waals surface area contributed by atoms with Crippen LogP contribution in [0.3, 0.4) is 0 Å². The molecule has 0 radical (unpaired) electrons. The summed E-state index contributed by atoms with van der Waals surface area (Å²) in [6, 6.07) is 13.8. The van der Waals surface area contributed by atoms with E-state index in [1.54, 1.807) is 25.4 Å². The Kier molecular flexibility index (Phi) is 4.52. The minimum absolute atomic E-state index is 0.115. The molecule has 3 aliphatic heterocycles. The number of ether oxygens (including phenoxy) is 1. The van der Waals surface area contributed by atoms with Crippen LogP contribution in [0.5, 0.6) is 5.75 Å². The van der Waals surface area contributed by atoms with E-state index in [1.807, 2.05) is 59.0 Å². The fraction of sp³-hybridized carbons (Fsp3) is 0.269. The topological polar surface area (TPSA) is 72.2 Å². The number of para-hydroxylation sites is 1. The van der Waals surface area contributed by atoms with Crippen LogP contribution in [0.4, 0.5) is 5.69 Å². The number of aryl methyl sites for hydroxylation is 1. The lowest BCUT2D eigenvalue weighted by molar-refractivity contribution is -0.157. The summed E-state index contributed by atoms with van der Waals surface area (Å²) < 4.78 is 7.62. The number of benzene rings is 2. The Bertz CT molecular complexity index is 1370. The zero-order chi connectivity index (χ0) is 23.4. The number of amidine groups is 1. The second kappa shape index (κ2) is 7.48. The van der Waals surface area contributed by atoms with Crippen LogP contribution in [0.2, 0.25) is 0 Å². The lowest BCUT2D eigenvalue weighted by Crippen LogP contribution is -2.54. The smallest absolute Gasteiger partial charge is 0.318 e. The lowest BCUT2D eigenvalue weighted by Gasteiger charge is -2.36. The monoisotopic (exact) mass is 455 g/mol. The van der Waals surface area contributed by atoms with Crippen LogP contribution in [0.25, 0.3) is 11.8 Å². The van der Waals surface area contributed by atoms with E-state index in [0.717, 1.165) is 58.2 Å². The summed E-state index contributed by atoms with van der Waals surface area (Å²) in [6.45, 7) is 2.66. The van der Waals surface area contributed by atoms with Crippen molar-refractivity contribution in [2.75, 3.05) is 25.6 Å². The Hall–Kier alpha value is -4.07. The maximum Gasteiger partial charge on any atom is 0.318 e. The lowest BCUT2D eigenvalue weighted by atomic mass is 9.95. The molecule has 4 heterocycles. The van der Waals surface area contributed by atoms with Gasteiger partial charge in [0, 0.05) is 19.8 Å². The molecule has 8 heteroatoms. The van der Waals surface area contributed by atoms with Crippen molar-refractivity contribution in [1.29, 1.82) is 0 Å². The molecule has 0 aliphatic carbocycles. The molecule has 34 heavy (non-hydrogen) atoms. The highest BCUT2D eigenvalue weighted by Gasteiger charge is 2.61. The molecule has 1 unspecified atom stereocenters. The molecule has 1 aromatic heterocycles. The second-order valence-corrected chi connectivity index (χ2v) is 8.81. The van der Waals surface area contributed by atoms with Crippen molar-refractivity contribution >= 4 is 23.5 Å². The van der Waals surface area contributed by atoms with Gasteiger partial charge in [0.25, 0.3) is 5.91 Å². The van der Waals surface area contributed by atoms with Crippen LogP contribution in [0.1, 0.15) is 29.7 Å². The summed E-state index contributed by atoms with van der Waals surface area (Å²) in [6.07, 6.45) is 7.60. The molecule has 0 bridgehead atoms. The average Bonchev–Trinajstić information content (AvgIpc) is 3.53. The van der Waals surface area contributed by atoms with Crippen molar-refractivity contribution in [2.24, 2.45) is 5.16 Å². The highest BCUT2D eigenvalue weighted by atomic mass is 16.7. The van der Waals surface area contributed by atoms with Crippen molar-refractivity contribution in [3.63, 3.8) is 0 Å². The maximum atomic E-state index is 13.4. The van der Waals surface area contributed by atoms with Gasteiger partial charge in [-0.05, 0) is 55.2 Å². The van der Waals surface area contributed by atoms with Crippen molar-refractivity contribution in [2.45, 2.75) is 25.5 Å². The van der Waals surface area contributed by atoms with E-state index in [-0.39, 0.29) is 5.91 Å². The van der Waals surface area contributed by atoms with Gasteiger partial charge in [0.05, 0.1) is 36.1 Å². The van der Waals surface area contributed by atoms with Crippen LogP contribution in [0, 0.1) is 6.92 Å². The molecule has 6 rings (SSSR count). The normalized spacial score (nSPS) is 22.1. The largest absolute Gasteiger partial charge is 0.495 e. The predicted molar refractivity (Wildman–Crippen MR) is 129 cm³/mol. The number of carbonyl (C=O) groups excluding carboxylic acids is 1. The standard InChI is InChI=1S/C26H25N5O3/c1-17-15-30(16-27-17)22-11-10-18(14-23(22)33-3)13-19-7-6-12-31-24(19)28-34-26(31)20-8-4-5-9-21(20)29(2)25(26)32/h4-5,8-11,13-16H,6-7,12H2,1-3H3/b19-13+. The van der Waals surface area contributed by atoms with Crippen molar-refractivity contribution < 1.29 is 14.4 Å². The Balaban J connectivity index is 1.36. The Morgan fingerprint density at radius 3 is 2.82 bits per heavy atom. The van der Waals surface area contributed by atoms with E-state index in [0.29, 0.717) is 6.54 Å². The number of fused-ring (bicyclic) bond motifs is 4. The number of methoxy groups -OCH3 is 1. The molecule has 0 N–H and O–H groups in total. The summed E-state index contributed by atoms with van der Waals surface area (Å²) in [5.74, 6) is 1.36. The van der Waals surface area contributed by atoms with Gasteiger partial charge in [-0.15, -0.1) is 0 Å². The van der Waals surface area contributed by atoms with Crippen molar-refractivity contribution in [1.82, 2.24) is 14.5 Å². The molecule has 172 valence electrons. The van der Waals surface area contributed by atoms with E-state index < -0.39 is 5.72 Å². The fourth-order valence-electron chi connectivity index (χ4n) is 5.13. The van der Waals surface area contributed by atoms with E-state index in [9.17, 15) is 4.79 Å². The third-order valence-corrected chi connectivity index (χ3v) is 6.77. The van der Waals surface area contributed by atoms with Gasteiger partial charge < -0.3 is 23.9 Å². The highest BCUT2D eigenvalue weighted by molar-refractivity contribution is 6.12. The Morgan fingerprint density at radius 2 is 2.03 bits per heavy atom. The average molecular weight is 456 g/mol. The van der Waals surface area contributed by atoms with E-state index in [2.05, 4.69) is 22.3 Å². The number of aromatic nitrogens is 2. The molecule has 3 aliphatic rings. The number of amides is 1. The number of anilines is 1. The second-order valence-electron chi connectivity index (χ2n) is 8.81. The Morgan fingerprint density at radius 1 is 1.18 bits per heavy atom. The summed E-state index contributed by atoms with van der Waals surface area (Å²) in [5, 5.41) is 4.45. The SMILES string of the molecule is COc1cc(/C=C2\CCCN3C2=NOC32C(=O)N(C)c3ccccc32)ccc1-n1cnc(C)c1. The summed E-state index contributed by atoms with van der Waals surface area (Å²) in [5.41, 5.74) is 4.37. The van der Waals surface area contributed by atoms with Gasteiger partial charge in [-0.25, -0.2) is 4.98 Å². The summed E-state index contributed by atoms with van der Waals surface area (Å²) in [7, 11) is 3.45. The van der Waals surface area contributed by atoms with Gasteiger partial charge in [0.1, 0.15) is 5.75 Å². The number of oxime groups is 1. The van der Waals surface area contributed by atoms with Gasteiger partial charge in [0.2, 0.25) is 0 Å². The van der Waals surface area contributed by atoms with Crippen LogP contribution in [-0.4, -0.2) is 46.9 Å². The molecule has 1 atom stereocenters. The van der Waals surface area contributed by atoms with Crippen LogP contribution in [-0.2, 0) is 15.4 Å². The number of hydrogen-bond acceptors (Lipinski definition) is 6. The number of imidazole rings is 1. The van der Waals surface area contributed by atoms with E-state index in [1.165, 1.54) is 0 Å². The predicted octanol–water partition coefficient (Wildman–Crippen LogP) is 3.84. The number of carbonyl (C=O) groups is 1. The molecule has 3 aromatic rings. The molecular weight excluding hydrogens is 430 g/mol. The zero-order valence-corrected chi connectivity index (χ0v) is 19.4. The molecular formula is C26H25N5O3. The molecule has 1 amide bonds. The van der Waals surface area contributed by atoms with Crippen molar-refractivity contribution in [3.8, 4) is 11.4 Å². The van der Waals surface area contributed by atoms with Crippen LogP contribution >= 0.6 is 0 Å². The van der Waals surface area contributed by atoms with Gasteiger partial charge in [-0.1, -0.05) is 29.4 Å². The molecule has 0 saturated carbocycles. The number of rotatable bonds is 3. The third kappa shape index (κ3) is 2.81. The minimum atomic E-state index is -1.22. The van der Waals surface area contributed by atoms with Gasteiger partial charge in [-0.3, -0.25) is 4.79 Å². The molecule has 1 fully saturated rings. The Labute approximate surface area is 197 Å². The first-order chi connectivity index (χ1) is 16.5. The molecule has 2 aromatic carbocycles. The maximum absolute atomic E-state index is 13.4. The number of likely N-dealkylation sites (N-methyl/N-ethyl adjacent to an activating group) is 1. The molecule has 1 spiro atoms. The minimum Gasteiger partial charge on any atom is -0.495 e. The molecule has 1 saturated heterocycles. The van der Waals surface area contributed by atoms with E-state index in [4.69, 9.17) is 9.57 Å². The van der Waals surface area contributed by atoms with Gasteiger partial charge in [-0.2, -0.15) is 0 Å². The van der Waals surface area contributed by atoms with E-state index >= 15 is 0 Å². The summed E-state index contributed by atoms with van der Waals surface area (Å²) in [4.78, 5) is 27.4.